The molecule has 3 heteroatoms. The fraction of sp³-hybridized carbons (Fsp3) is 0.333. The quantitative estimate of drug-likeness (QED) is 0.774. The number of fused-ring (bicyclic) bond motifs is 1. The molecule has 0 amide bonds. The van der Waals surface area contributed by atoms with Gasteiger partial charge in [0.05, 0.1) is 5.52 Å². The van der Waals surface area contributed by atoms with Crippen molar-refractivity contribution in [1.82, 2.24) is 4.98 Å². The van der Waals surface area contributed by atoms with Crippen LogP contribution in [0.1, 0.15) is 18.4 Å². The summed E-state index contributed by atoms with van der Waals surface area (Å²) < 4.78 is 13.4. The van der Waals surface area contributed by atoms with E-state index in [1.54, 1.807) is 6.07 Å². The molecule has 1 fully saturated rings. The molecule has 0 bridgehead atoms. The van der Waals surface area contributed by atoms with Crippen LogP contribution >= 0.6 is 0 Å². The molecule has 0 aliphatic heterocycles. The van der Waals surface area contributed by atoms with Gasteiger partial charge in [0.25, 0.3) is 0 Å². The van der Waals surface area contributed by atoms with E-state index < -0.39 is 0 Å². The minimum atomic E-state index is -0.188. The lowest BCUT2D eigenvalue weighted by molar-refractivity contribution is 0.637. The van der Waals surface area contributed by atoms with Crippen LogP contribution < -0.4 is 5.73 Å². The molecule has 2 nitrogen and oxygen atoms in total. The third-order valence-corrected chi connectivity index (χ3v) is 3.48. The zero-order chi connectivity index (χ0) is 10.5. The molecule has 3 N–H and O–H groups in total. The minimum absolute atomic E-state index is 0.117. The van der Waals surface area contributed by atoms with Gasteiger partial charge in [-0.2, -0.15) is 0 Å². The van der Waals surface area contributed by atoms with E-state index in [4.69, 9.17) is 5.73 Å². The van der Waals surface area contributed by atoms with Gasteiger partial charge in [-0.05, 0) is 24.5 Å². The van der Waals surface area contributed by atoms with Gasteiger partial charge in [-0.25, -0.2) is 4.39 Å². The highest BCUT2D eigenvalue weighted by Crippen LogP contribution is 2.49. The third kappa shape index (κ3) is 1.13. The summed E-state index contributed by atoms with van der Waals surface area (Å²) in [5, 5.41) is 0.984. The second-order valence-electron chi connectivity index (χ2n) is 4.35. The largest absolute Gasteiger partial charge is 0.358 e. The summed E-state index contributed by atoms with van der Waals surface area (Å²) in [6.07, 6.45) is 4.15. The summed E-state index contributed by atoms with van der Waals surface area (Å²) in [7, 11) is 0. The number of para-hydroxylation sites is 1. The average Bonchev–Trinajstić information content (AvgIpc) is 2.92. The normalized spacial score (nSPS) is 18.3. The van der Waals surface area contributed by atoms with Gasteiger partial charge < -0.3 is 10.7 Å². The summed E-state index contributed by atoms with van der Waals surface area (Å²) in [6, 6.07) is 5.19. The SMILES string of the molecule is NCC1(c2c[nH]c3c(F)cccc23)CC1. The third-order valence-electron chi connectivity index (χ3n) is 3.48. The van der Waals surface area contributed by atoms with Crippen molar-refractivity contribution in [3.05, 3.63) is 35.8 Å². The van der Waals surface area contributed by atoms with Gasteiger partial charge >= 0.3 is 0 Å². The predicted molar refractivity (Wildman–Crippen MR) is 58.2 cm³/mol. The summed E-state index contributed by atoms with van der Waals surface area (Å²) in [5.74, 6) is -0.188. The number of benzene rings is 1. The van der Waals surface area contributed by atoms with Crippen LogP contribution in [0.4, 0.5) is 4.39 Å². The van der Waals surface area contributed by atoms with E-state index in [0.29, 0.717) is 12.1 Å². The molecule has 15 heavy (non-hydrogen) atoms. The van der Waals surface area contributed by atoms with Gasteiger partial charge in [-0.3, -0.25) is 0 Å². The Balaban J connectivity index is 2.25. The Hall–Kier alpha value is -1.35. The van der Waals surface area contributed by atoms with Crippen LogP contribution in [0.3, 0.4) is 0 Å². The first-order chi connectivity index (χ1) is 7.27. The topological polar surface area (TPSA) is 41.8 Å². The van der Waals surface area contributed by atoms with Crippen LogP contribution in [-0.2, 0) is 5.41 Å². The van der Waals surface area contributed by atoms with Crippen molar-refractivity contribution >= 4 is 10.9 Å². The Bertz CT molecular complexity index is 511. The first-order valence-electron chi connectivity index (χ1n) is 5.23. The van der Waals surface area contributed by atoms with E-state index >= 15 is 0 Å². The van der Waals surface area contributed by atoms with Gasteiger partial charge in [-0.1, -0.05) is 12.1 Å². The van der Waals surface area contributed by atoms with Gasteiger partial charge in [0.15, 0.2) is 0 Å². The van der Waals surface area contributed by atoms with Crippen molar-refractivity contribution in [3.8, 4) is 0 Å². The summed E-state index contributed by atoms with van der Waals surface area (Å²) in [6.45, 7) is 0.649. The van der Waals surface area contributed by atoms with Crippen LogP contribution in [0.25, 0.3) is 10.9 Å². The standard InChI is InChI=1S/C12H13FN2/c13-10-3-1-2-8-9(6-15-11(8)10)12(7-14)4-5-12/h1-3,6,15H,4-5,7,14H2. The van der Waals surface area contributed by atoms with Gasteiger partial charge in [0.1, 0.15) is 5.82 Å². The molecule has 0 spiro atoms. The van der Waals surface area contributed by atoms with E-state index in [2.05, 4.69) is 4.98 Å². The van der Waals surface area contributed by atoms with Gasteiger partial charge in [0.2, 0.25) is 0 Å². The molecule has 1 aromatic heterocycles. The molecule has 0 saturated heterocycles. The molecule has 0 atom stereocenters. The Morgan fingerprint density at radius 3 is 2.87 bits per heavy atom. The molecule has 3 rings (SSSR count). The average molecular weight is 204 g/mol. The first-order valence-corrected chi connectivity index (χ1v) is 5.23. The monoisotopic (exact) mass is 204 g/mol. The van der Waals surface area contributed by atoms with Crippen molar-refractivity contribution in [2.24, 2.45) is 5.73 Å². The maximum atomic E-state index is 13.4. The van der Waals surface area contributed by atoms with E-state index in [0.717, 1.165) is 18.2 Å². The van der Waals surface area contributed by atoms with E-state index in [9.17, 15) is 4.39 Å². The minimum Gasteiger partial charge on any atom is -0.358 e. The van der Waals surface area contributed by atoms with E-state index in [-0.39, 0.29) is 11.2 Å². The number of hydrogen-bond acceptors (Lipinski definition) is 1. The van der Waals surface area contributed by atoms with Crippen molar-refractivity contribution in [2.45, 2.75) is 18.3 Å². The lowest BCUT2D eigenvalue weighted by Gasteiger charge is -2.10. The predicted octanol–water partition coefficient (Wildman–Crippen LogP) is 2.30. The number of nitrogens with two attached hydrogens (primary N) is 1. The Labute approximate surface area is 87.3 Å². The van der Waals surface area contributed by atoms with Crippen molar-refractivity contribution in [3.63, 3.8) is 0 Å². The number of aromatic nitrogens is 1. The number of rotatable bonds is 2. The molecular weight excluding hydrogens is 191 g/mol. The van der Waals surface area contributed by atoms with E-state index in [1.807, 2.05) is 12.3 Å². The lowest BCUT2D eigenvalue weighted by atomic mass is 9.96. The highest BCUT2D eigenvalue weighted by molar-refractivity contribution is 5.85. The molecule has 1 heterocycles. The Morgan fingerprint density at radius 2 is 2.20 bits per heavy atom. The van der Waals surface area contributed by atoms with E-state index in [1.165, 1.54) is 11.6 Å². The molecule has 78 valence electrons. The van der Waals surface area contributed by atoms with Crippen molar-refractivity contribution in [2.75, 3.05) is 6.54 Å². The summed E-state index contributed by atoms with van der Waals surface area (Å²) in [4.78, 5) is 3.01. The zero-order valence-corrected chi connectivity index (χ0v) is 8.39. The number of halogens is 1. The fourth-order valence-electron chi connectivity index (χ4n) is 2.29. The second kappa shape index (κ2) is 2.83. The highest BCUT2D eigenvalue weighted by Gasteiger charge is 2.44. The first kappa shape index (κ1) is 8.92. The van der Waals surface area contributed by atoms with Gasteiger partial charge in [0, 0.05) is 23.5 Å². The van der Waals surface area contributed by atoms with Crippen molar-refractivity contribution in [1.29, 1.82) is 0 Å². The van der Waals surface area contributed by atoms with Gasteiger partial charge in [-0.15, -0.1) is 0 Å². The number of H-pyrrole nitrogens is 1. The molecule has 1 aliphatic carbocycles. The Morgan fingerprint density at radius 1 is 1.40 bits per heavy atom. The fourth-order valence-corrected chi connectivity index (χ4v) is 2.29. The van der Waals surface area contributed by atoms with Crippen LogP contribution in [0, 0.1) is 5.82 Å². The smallest absolute Gasteiger partial charge is 0.147 e. The molecule has 2 aromatic rings. The highest BCUT2D eigenvalue weighted by atomic mass is 19.1. The lowest BCUT2D eigenvalue weighted by Crippen LogP contribution is -2.19. The maximum absolute atomic E-state index is 13.4. The Kier molecular flexibility index (Phi) is 1.68. The molecular formula is C12H13FN2. The molecule has 1 saturated carbocycles. The second-order valence-corrected chi connectivity index (χ2v) is 4.35. The van der Waals surface area contributed by atoms with Crippen LogP contribution in [-0.4, -0.2) is 11.5 Å². The van der Waals surface area contributed by atoms with Crippen LogP contribution in [0.2, 0.25) is 0 Å². The molecule has 0 unspecified atom stereocenters. The molecule has 1 aliphatic rings. The van der Waals surface area contributed by atoms with Crippen molar-refractivity contribution < 1.29 is 4.39 Å². The number of hydrogen-bond donors (Lipinski definition) is 2. The zero-order valence-electron chi connectivity index (χ0n) is 8.39. The number of nitrogens with one attached hydrogen (secondary N) is 1. The molecule has 1 aromatic carbocycles. The summed E-state index contributed by atoms with van der Waals surface area (Å²) in [5.41, 5.74) is 7.68. The number of aromatic amines is 1. The maximum Gasteiger partial charge on any atom is 0.147 e. The summed E-state index contributed by atoms with van der Waals surface area (Å²) >= 11 is 0. The van der Waals surface area contributed by atoms with Crippen LogP contribution in [0.15, 0.2) is 24.4 Å². The molecule has 0 radical (unpaired) electrons. The van der Waals surface area contributed by atoms with Crippen LogP contribution in [0.5, 0.6) is 0 Å².